The number of anilines is 1. The Kier molecular flexibility index (Phi) is 5.41. The van der Waals surface area contributed by atoms with Crippen LogP contribution < -0.4 is 10.0 Å². The second-order valence-corrected chi connectivity index (χ2v) is 8.93. The molecule has 2 rings (SSSR count). The molecule has 0 spiro atoms. The average molecular weight is 381 g/mol. The van der Waals surface area contributed by atoms with E-state index in [-0.39, 0.29) is 28.7 Å². The van der Waals surface area contributed by atoms with Crippen LogP contribution in [0.25, 0.3) is 0 Å². The minimum atomic E-state index is -3.91. The van der Waals surface area contributed by atoms with E-state index in [2.05, 4.69) is 5.32 Å². The Balaban J connectivity index is 2.05. The lowest BCUT2D eigenvalue weighted by Crippen LogP contribution is -2.42. The highest BCUT2D eigenvalue weighted by atomic mass is 32.2. The smallest absolute Gasteiger partial charge is 0.264 e. The van der Waals surface area contributed by atoms with Crippen molar-refractivity contribution in [3.05, 3.63) is 24.3 Å². The largest absolute Gasteiger partial charge is 0.337 e. The van der Waals surface area contributed by atoms with Gasteiger partial charge >= 0.3 is 0 Å². The molecule has 0 aromatic heterocycles. The number of hydrogen-bond donors (Lipinski definition) is 2. The number of carbonyl (C=O) groups excluding carboxylic acids is 3. The Morgan fingerprint density at radius 2 is 1.73 bits per heavy atom. The van der Waals surface area contributed by atoms with Gasteiger partial charge in [0.25, 0.3) is 10.0 Å². The molecule has 8 nitrogen and oxygen atoms in total. The Morgan fingerprint density at radius 1 is 1.15 bits per heavy atom. The van der Waals surface area contributed by atoms with Crippen LogP contribution in [-0.2, 0) is 24.4 Å². The summed E-state index contributed by atoms with van der Waals surface area (Å²) in [5.74, 6) is -1.49. The average Bonchev–Trinajstić information content (AvgIpc) is 2.89. The summed E-state index contributed by atoms with van der Waals surface area (Å²) >= 11 is 0. The molecular formula is C17H23N3O5S. The van der Waals surface area contributed by atoms with Gasteiger partial charge in [-0.2, -0.15) is 0 Å². The number of nitrogens with one attached hydrogen (secondary N) is 2. The van der Waals surface area contributed by atoms with E-state index < -0.39 is 21.8 Å². The standard InChI is InChI=1S/C17H23N3O5S/c1-11(21)19-26(24,25)14-7-5-13(6-8-14)18-16(23)12-9-15(22)20(10-12)17(2,3)4/h5-8,12H,9-10H2,1-4H3,(H,18,23)(H,19,21). The molecular weight excluding hydrogens is 358 g/mol. The first-order valence-electron chi connectivity index (χ1n) is 8.15. The van der Waals surface area contributed by atoms with Gasteiger partial charge in [0.15, 0.2) is 0 Å². The summed E-state index contributed by atoms with van der Waals surface area (Å²) in [6, 6.07) is 5.46. The number of hydrogen-bond acceptors (Lipinski definition) is 5. The molecule has 1 aromatic rings. The molecule has 1 unspecified atom stereocenters. The van der Waals surface area contributed by atoms with Crippen LogP contribution in [0.4, 0.5) is 5.69 Å². The minimum Gasteiger partial charge on any atom is -0.337 e. The van der Waals surface area contributed by atoms with Crippen LogP contribution in [0.1, 0.15) is 34.1 Å². The van der Waals surface area contributed by atoms with Gasteiger partial charge in [-0.3, -0.25) is 14.4 Å². The zero-order valence-corrected chi connectivity index (χ0v) is 16.0. The molecule has 1 heterocycles. The van der Waals surface area contributed by atoms with E-state index in [4.69, 9.17) is 0 Å². The Hall–Kier alpha value is -2.42. The van der Waals surface area contributed by atoms with Crippen molar-refractivity contribution in [2.75, 3.05) is 11.9 Å². The zero-order chi connectivity index (χ0) is 19.7. The highest BCUT2D eigenvalue weighted by Gasteiger charge is 2.39. The Morgan fingerprint density at radius 3 is 2.19 bits per heavy atom. The first-order valence-corrected chi connectivity index (χ1v) is 9.63. The van der Waals surface area contributed by atoms with Crippen LogP contribution >= 0.6 is 0 Å². The van der Waals surface area contributed by atoms with Crippen molar-refractivity contribution in [3.63, 3.8) is 0 Å². The molecule has 1 saturated heterocycles. The van der Waals surface area contributed by atoms with Gasteiger partial charge in [0.1, 0.15) is 0 Å². The summed E-state index contributed by atoms with van der Waals surface area (Å²) in [6.07, 6.45) is 0.151. The van der Waals surface area contributed by atoms with Crippen LogP contribution in [0.2, 0.25) is 0 Å². The number of benzene rings is 1. The summed E-state index contributed by atoms with van der Waals surface area (Å²) in [4.78, 5) is 37.0. The Bertz CT molecular complexity index is 825. The maximum absolute atomic E-state index is 12.4. The van der Waals surface area contributed by atoms with Crippen LogP contribution in [0.15, 0.2) is 29.2 Å². The quantitative estimate of drug-likeness (QED) is 0.811. The molecule has 26 heavy (non-hydrogen) atoms. The molecule has 0 saturated carbocycles. The van der Waals surface area contributed by atoms with Crippen molar-refractivity contribution < 1.29 is 22.8 Å². The molecule has 0 radical (unpaired) electrons. The third-order valence-electron chi connectivity index (χ3n) is 4.02. The van der Waals surface area contributed by atoms with Gasteiger partial charge in [0.2, 0.25) is 17.7 Å². The first kappa shape index (κ1) is 19.9. The van der Waals surface area contributed by atoms with Gasteiger partial charge < -0.3 is 10.2 Å². The molecule has 142 valence electrons. The van der Waals surface area contributed by atoms with Crippen LogP contribution in [0, 0.1) is 5.92 Å². The third kappa shape index (κ3) is 4.60. The zero-order valence-electron chi connectivity index (χ0n) is 15.2. The molecule has 2 N–H and O–H groups in total. The molecule has 1 aromatic carbocycles. The fraction of sp³-hybridized carbons (Fsp3) is 0.471. The Labute approximate surface area is 153 Å². The van der Waals surface area contributed by atoms with Gasteiger partial charge in [0.05, 0.1) is 10.8 Å². The summed E-state index contributed by atoms with van der Waals surface area (Å²) in [5.41, 5.74) is 0.0738. The number of amides is 3. The van der Waals surface area contributed by atoms with Crippen molar-refractivity contribution in [2.24, 2.45) is 5.92 Å². The number of rotatable bonds is 4. The predicted octanol–water partition coefficient (Wildman–Crippen LogP) is 1.10. The number of sulfonamides is 1. The summed E-state index contributed by atoms with van der Waals surface area (Å²) in [5, 5.41) is 2.70. The second-order valence-electron chi connectivity index (χ2n) is 7.25. The number of nitrogens with zero attached hydrogens (tertiary/aromatic N) is 1. The van der Waals surface area contributed by atoms with Gasteiger partial charge in [0, 0.05) is 31.1 Å². The lowest BCUT2D eigenvalue weighted by Gasteiger charge is -2.31. The van der Waals surface area contributed by atoms with Crippen molar-refractivity contribution in [1.29, 1.82) is 0 Å². The number of likely N-dealkylation sites (tertiary alicyclic amines) is 1. The second kappa shape index (κ2) is 7.06. The van der Waals surface area contributed by atoms with Crippen LogP contribution in [-0.4, -0.2) is 43.1 Å². The summed E-state index contributed by atoms with van der Waals surface area (Å²) in [7, 11) is -3.91. The van der Waals surface area contributed by atoms with Gasteiger partial charge in [-0.05, 0) is 45.0 Å². The molecule has 9 heteroatoms. The molecule has 0 bridgehead atoms. The van der Waals surface area contributed by atoms with E-state index in [0.717, 1.165) is 6.92 Å². The topological polar surface area (TPSA) is 113 Å². The monoisotopic (exact) mass is 381 g/mol. The molecule has 3 amide bonds. The van der Waals surface area contributed by atoms with Gasteiger partial charge in [-0.25, -0.2) is 13.1 Å². The van der Waals surface area contributed by atoms with E-state index in [0.29, 0.717) is 12.2 Å². The van der Waals surface area contributed by atoms with Crippen LogP contribution in [0.5, 0.6) is 0 Å². The molecule has 1 aliphatic heterocycles. The minimum absolute atomic E-state index is 0.0607. The SMILES string of the molecule is CC(=O)NS(=O)(=O)c1ccc(NC(=O)C2CC(=O)N(C(C)(C)C)C2)cc1. The summed E-state index contributed by atoms with van der Waals surface area (Å²) < 4.78 is 25.6. The maximum Gasteiger partial charge on any atom is 0.264 e. The van der Waals surface area contributed by atoms with Crippen LogP contribution in [0.3, 0.4) is 0 Å². The van der Waals surface area contributed by atoms with E-state index in [1.807, 2.05) is 25.5 Å². The van der Waals surface area contributed by atoms with E-state index >= 15 is 0 Å². The lowest BCUT2D eigenvalue weighted by atomic mass is 10.1. The first-order chi connectivity index (χ1) is 11.9. The van der Waals surface area contributed by atoms with Crippen molar-refractivity contribution in [3.8, 4) is 0 Å². The van der Waals surface area contributed by atoms with E-state index in [9.17, 15) is 22.8 Å². The van der Waals surface area contributed by atoms with E-state index in [1.165, 1.54) is 24.3 Å². The maximum atomic E-state index is 12.4. The summed E-state index contributed by atoms with van der Waals surface area (Å²) in [6.45, 7) is 7.21. The molecule has 1 atom stereocenters. The molecule has 1 aliphatic rings. The highest BCUT2D eigenvalue weighted by molar-refractivity contribution is 7.90. The predicted molar refractivity (Wildman–Crippen MR) is 95.6 cm³/mol. The lowest BCUT2D eigenvalue weighted by molar-refractivity contribution is -0.131. The van der Waals surface area contributed by atoms with Crippen molar-refractivity contribution in [1.82, 2.24) is 9.62 Å². The molecule has 0 aliphatic carbocycles. The third-order valence-corrected chi connectivity index (χ3v) is 5.46. The van der Waals surface area contributed by atoms with Crippen molar-refractivity contribution >= 4 is 33.4 Å². The van der Waals surface area contributed by atoms with Gasteiger partial charge in [-0.1, -0.05) is 0 Å². The van der Waals surface area contributed by atoms with Gasteiger partial charge in [-0.15, -0.1) is 0 Å². The highest BCUT2D eigenvalue weighted by Crippen LogP contribution is 2.26. The van der Waals surface area contributed by atoms with E-state index in [1.54, 1.807) is 4.90 Å². The number of carbonyl (C=O) groups is 3. The fourth-order valence-electron chi connectivity index (χ4n) is 2.74. The van der Waals surface area contributed by atoms with Crippen molar-refractivity contribution in [2.45, 2.75) is 44.6 Å². The molecule has 1 fully saturated rings. The normalized spacial score (nSPS) is 17.9. The fourth-order valence-corrected chi connectivity index (χ4v) is 3.73.